The van der Waals surface area contributed by atoms with E-state index in [9.17, 15) is 14.7 Å². The third-order valence-corrected chi connectivity index (χ3v) is 6.41. The zero-order valence-electron chi connectivity index (χ0n) is 14.8. The first-order chi connectivity index (χ1) is 12.0. The minimum absolute atomic E-state index is 0.00813. The summed E-state index contributed by atoms with van der Waals surface area (Å²) in [5.74, 6) is 0.133. The number of carbonyl (C=O) groups is 2. The first-order valence-electron chi connectivity index (χ1n) is 9.40. The van der Waals surface area contributed by atoms with Crippen molar-refractivity contribution < 1.29 is 14.7 Å². The number of fused-ring (bicyclic) bond motifs is 2. The second-order valence-electron chi connectivity index (χ2n) is 7.85. The molecule has 0 bridgehead atoms. The molecule has 1 aliphatic carbocycles. The summed E-state index contributed by atoms with van der Waals surface area (Å²) < 4.78 is 0. The molecule has 1 aromatic carbocycles. The predicted molar refractivity (Wildman–Crippen MR) is 93.9 cm³/mol. The molecule has 25 heavy (non-hydrogen) atoms. The van der Waals surface area contributed by atoms with Crippen molar-refractivity contribution in [3.8, 4) is 0 Å². The summed E-state index contributed by atoms with van der Waals surface area (Å²) in [6, 6.07) is 7.11. The van der Waals surface area contributed by atoms with Gasteiger partial charge in [-0.2, -0.15) is 0 Å². The van der Waals surface area contributed by atoms with Gasteiger partial charge in [-0.3, -0.25) is 9.59 Å². The molecule has 1 aromatic rings. The van der Waals surface area contributed by atoms with Crippen molar-refractivity contribution in [2.45, 2.75) is 57.2 Å². The Bertz CT molecular complexity index is 704. The fourth-order valence-electron chi connectivity index (χ4n) is 4.76. The molecule has 0 radical (unpaired) electrons. The zero-order valence-corrected chi connectivity index (χ0v) is 14.8. The van der Waals surface area contributed by atoms with Crippen molar-refractivity contribution in [3.63, 3.8) is 0 Å². The van der Waals surface area contributed by atoms with Crippen LogP contribution in [0.15, 0.2) is 24.3 Å². The van der Waals surface area contributed by atoms with Gasteiger partial charge in [0.15, 0.2) is 0 Å². The van der Waals surface area contributed by atoms with E-state index < -0.39 is 11.6 Å². The van der Waals surface area contributed by atoms with Crippen LogP contribution >= 0.6 is 0 Å². The number of rotatable bonds is 2. The molecule has 3 aliphatic rings. The molecule has 5 nitrogen and oxygen atoms in total. The lowest BCUT2D eigenvalue weighted by atomic mass is 9.71. The predicted octanol–water partition coefficient (Wildman–Crippen LogP) is 2.18. The average Bonchev–Trinajstić information content (AvgIpc) is 2.97. The number of benzene rings is 1. The summed E-state index contributed by atoms with van der Waals surface area (Å²) in [7, 11) is 0. The van der Waals surface area contributed by atoms with E-state index >= 15 is 0 Å². The molecule has 3 atom stereocenters. The first kappa shape index (κ1) is 16.6. The van der Waals surface area contributed by atoms with Gasteiger partial charge >= 0.3 is 0 Å². The van der Waals surface area contributed by atoms with Crippen molar-refractivity contribution in [2.75, 3.05) is 13.1 Å². The van der Waals surface area contributed by atoms with Gasteiger partial charge in [0.1, 0.15) is 6.04 Å². The quantitative estimate of drug-likeness (QED) is 0.896. The third kappa shape index (κ3) is 2.74. The Morgan fingerprint density at radius 1 is 1.28 bits per heavy atom. The average molecular weight is 342 g/mol. The molecule has 5 heteroatoms. The largest absolute Gasteiger partial charge is 0.389 e. The van der Waals surface area contributed by atoms with Crippen molar-refractivity contribution in [3.05, 3.63) is 35.4 Å². The molecular weight excluding hydrogens is 316 g/mol. The highest BCUT2D eigenvalue weighted by atomic mass is 16.3. The zero-order chi connectivity index (χ0) is 17.6. The van der Waals surface area contributed by atoms with E-state index in [0.717, 1.165) is 31.2 Å². The van der Waals surface area contributed by atoms with Gasteiger partial charge in [0.05, 0.1) is 5.60 Å². The minimum atomic E-state index is -0.585. The van der Waals surface area contributed by atoms with Gasteiger partial charge < -0.3 is 14.9 Å². The lowest BCUT2D eigenvalue weighted by Gasteiger charge is -2.48. The van der Waals surface area contributed by atoms with E-state index in [2.05, 4.69) is 0 Å². The Morgan fingerprint density at radius 3 is 2.88 bits per heavy atom. The number of nitrogens with zero attached hydrogens (tertiary/aromatic N) is 2. The highest BCUT2D eigenvalue weighted by Gasteiger charge is 2.45. The van der Waals surface area contributed by atoms with Crippen LogP contribution < -0.4 is 0 Å². The Kier molecular flexibility index (Phi) is 4.07. The second kappa shape index (κ2) is 6.13. The van der Waals surface area contributed by atoms with Crippen molar-refractivity contribution in [2.24, 2.45) is 5.92 Å². The summed E-state index contributed by atoms with van der Waals surface area (Å²) in [5.41, 5.74) is 1.12. The Hall–Kier alpha value is -1.88. The van der Waals surface area contributed by atoms with Crippen molar-refractivity contribution >= 4 is 11.8 Å². The van der Waals surface area contributed by atoms with Crippen LogP contribution in [0.1, 0.15) is 54.9 Å². The fraction of sp³-hybridized carbons (Fsp3) is 0.600. The number of likely N-dealkylation sites (tertiary alicyclic amines) is 1. The molecule has 0 unspecified atom stereocenters. The lowest BCUT2D eigenvalue weighted by molar-refractivity contribution is -0.147. The number of amides is 2. The molecule has 1 saturated carbocycles. The van der Waals surface area contributed by atoms with Crippen LogP contribution in [-0.2, 0) is 11.3 Å². The molecule has 2 heterocycles. The maximum atomic E-state index is 13.0. The van der Waals surface area contributed by atoms with Crippen LogP contribution in [0.25, 0.3) is 0 Å². The summed E-state index contributed by atoms with van der Waals surface area (Å²) in [6.45, 7) is 3.54. The van der Waals surface area contributed by atoms with E-state index in [1.54, 1.807) is 4.90 Å². The van der Waals surface area contributed by atoms with E-state index in [0.29, 0.717) is 31.6 Å². The Labute approximate surface area is 148 Å². The molecule has 1 N–H and O–H groups in total. The maximum Gasteiger partial charge on any atom is 0.255 e. The number of carbonyl (C=O) groups excluding carboxylic acids is 2. The van der Waals surface area contributed by atoms with Gasteiger partial charge in [-0.15, -0.1) is 0 Å². The van der Waals surface area contributed by atoms with Crippen LogP contribution in [0.3, 0.4) is 0 Å². The molecule has 1 saturated heterocycles. The van der Waals surface area contributed by atoms with E-state index in [-0.39, 0.29) is 17.7 Å². The van der Waals surface area contributed by atoms with Gasteiger partial charge in [-0.05, 0) is 37.8 Å². The molecule has 2 aliphatic heterocycles. The number of hydrogen-bond acceptors (Lipinski definition) is 3. The van der Waals surface area contributed by atoms with Gasteiger partial charge in [-0.25, -0.2) is 0 Å². The monoisotopic (exact) mass is 342 g/mol. The summed E-state index contributed by atoms with van der Waals surface area (Å²) in [5, 5.41) is 10.8. The standard InChI is InChI=1S/C20H26N2O3/c1-14(22-12-15-6-2-3-8-17(15)19(22)24)18(23)21-11-10-20(25)9-5-4-7-16(20)13-21/h2-3,6,8,14,16,25H,4-5,7,9-13H2,1H3/t14-,16-,20-/m0/s1. The molecule has 2 fully saturated rings. The Morgan fingerprint density at radius 2 is 2.08 bits per heavy atom. The van der Waals surface area contributed by atoms with Gasteiger partial charge in [0.25, 0.3) is 5.91 Å². The van der Waals surface area contributed by atoms with Gasteiger partial charge in [0, 0.05) is 31.1 Å². The van der Waals surface area contributed by atoms with Crippen molar-refractivity contribution in [1.82, 2.24) is 9.80 Å². The minimum Gasteiger partial charge on any atom is -0.389 e. The number of hydrogen-bond donors (Lipinski definition) is 1. The van der Waals surface area contributed by atoms with Crippen LogP contribution in [0, 0.1) is 5.92 Å². The van der Waals surface area contributed by atoms with E-state index in [4.69, 9.17) is 0 Å². The molecular formula is C20H26N2O3. The van der Waals surface area contributed by atoms with Crippen LogP contribution in [0.2, 0.25) is 0 Å². The number of aliphatic hydroxyl groups is 1. The highest BCUT2D eigenvalue weighted by molar-refractivity contribution is 6.01. The van der Waals surface area contributed by atoms with Gasteiger partial charge in [0.2, 0.25) is 5.91 Å². The lowest BCUT2D eigenvalue weighted by Crippen LogP contribution is -2.57. The Balaban J connectivity index is 1.46. The van der Waals surface area contributed by atoms with E-state index in [1.165, 1.54) is 0 Å². The third-order valence-electron chi connectivity index (χ3n) is 6.41. The SMILES string of the molecule is C[C@@H](C(=O)N1CC[C@@]2(O)CCCC[C@H]2C1)N1Cc2ccccc2C1=O. The van der Waals surface area contributed by atoms with Crippen LogP contribution in [-0.4, -0.2) is 51.5 Å². The molecule has 4 rings (SSSR count). The van der Waals surface area contributed by atoms with Crippen LogP contribution in [0.5, 0.6) is 0 Å². The first-order valence-corrected chi connectivity index (χ1v) is 9.40. The normalized spacial score (nSPS) is 30.0. The highest BCUT2D eigenvalue weighted by Crippen LogP contribution is 2.40. The summed E-state index contributed by atoms with van der Waals surface area (Å²) in [6.07, 6.45) is 4.71. The molecule has 134 valence electrons. The van der Waals surface area contributed by atoms with Crippen LogP contribution in [0.4, 0.5) is 0 Å². The van der Waals surface area contributed by atoms with Gasteiger partial charge in [-0.1, -0.05) is 31.0 Å². The molecule has 2 amide bonds. The fourth-order valence-corrected chi connectivity index (χ4v) is 4.76. The second-order valence-corrected chi connectivity index (χ2v) is 7.85. The topological polar surface area (TPSA) is 60.9 Å². The molecule has 0 aromatic heterocycles. The molecule has 0 spiro atoms. The van der Waals surface area contributed by atoms with Crippen molar-refractivity contribution in [1.29, 1.82) is 0 Å². The maximum absolute atomic E-state index is 13.0. The summed E-state index contributed by atoms with van der Waals surface area (Å²) in [4.78, 5) is 29.2. The summed E-state index contributed by atoms with van der Waals surface area (Å²) >= 11 is 0. The number of piperidine rings is 1. The van der Waals surface area contributed by atoms with E-state index in [1.807, 2.05) is 36.1 Å². The smallest absolute Gasteiger partial charge is 0.255 e.